The smallest absolute Gasteiger partial charge is 0.264 e. The van der Waals surface area contributed by atoms with Crippen molar-refractivity contribution < 1.29 is 17.9 Å². The summed E-state index contributed by atoms with van der Waals surface area (Å²) in [6, 6.07) is 18.9. The highest BCUT2D eigenvalue weighted by molar-refractivity contribution is 7.92. The predicted molar refractivity (Wildman–Crippen MR) is 123 cm³/mol. The van der Waals surface area contributed by atoms with Crippen molar-refractivity contribution in [3.8, 4) is 5.75 Å². The van der Waals surface area contributed by atoms with E-state index in [0.717, 1.165) is 21.0 Å². The Morgan fingerprint density at radius 1 is 0.871 bits per heavy atom. The molecular formula is C24H26N2O4S. The molecule has 0 saturated heterocycles. The minimum atomic E-state index is -3.95. The van der Waals surface area contributed by atoms with Crippen molar-refractivity contribution in [2.24, 2.45) is 0 Å². The van der Waals surface area contributed by atoms with Gasteiger partial charge in [-0.25, -0.2) is 8.42 Å². The van der Waals surface area contributed by atoms with Crippen LogP contribution in [-0.2, 0) is 14.8 Å². The minimum absolute atomic E-state index is 0.134. The SMILES string of the molecule is COc1ccc(NC(=O)CN(c2cc(C)cc(C)c2)S(=O)(=O)c2ccc(C)cc2)cc1. The van der Waals surface area contributed by atoms with Crippen LogP contribution in [0.2, 0.25) is 0 Å². The Kier molecular flexibility index (Phi) is 6.65. The Bertz CT molecular complexity index is 1150. The number of amides is 1. The van der Waals surface area contributed by atoms with E-state index in [-0.39, 0.29) is 11.4 Å². The van der Waals surface area contributed by atoms with Gasteiger partial charge in [0.2, 0.25) is 5.91 Å². The van der Waals surface area contributed by atoms with Gasteiger partial charge in [-0.05, 0) is 80.4 Å². The summed E-state index contributed by atoms with van der Waals surface area (Å²) in [5, 5.41) is 2.75. The molecule has 0 aliphatic carbocycles. The maximum Gasteiger partial charge on any atom is 0.264 e. The molecule has 3 rings (SSSR count). The first-order valence-electron chi connectivity index (χ1n) is 9.80. The molecule has 0 unspecified atom stereocenters. The van der Waals surface area contributed by atoms with Gasteiger partial charge in [-0.15, -0.1) is 0 Å². The average molecular weight is 439 g/mol. The van der Waals surface area contributed by atoms with E-state index in [1.54, 1.807) is 67.8 Å². The number of ether oxygens (including phenoxy) is 1. The number of carbonyl (C=O) groups excluding carboxylic acids is 1. The highest BCUT2D eigenvalue weighted by Crippen LogP contribution is 2.26. The molecule has 162 valence electrons. The van der Waals surface area contributed by atoms with E-state index in [2.05, 4.69) is 5.32 Å². The van der Waals surface area contributed by atoms with Gasteiger partial charge in [0.05, 0.1) is 17.7 Å². The first kappa shape index (κ1) is 22.4. The molecule has 7 heteroatoms. The van der Waals surface area contributed by atoms with Crippen LogP contribution in [0.5, 0.6) is 5.75 Å². The fourth-order valence-corrected chi connectivity index (χ4v) is 4.66. The van der Waals surface area contributed by atoms with Crippen LogP contribution in [0.25, 0.3) is 0 Å². The lowest BCUT2D eigenvalue weighted by Gasteiger charge is -2.25. The molecule has 0 aromatic heterocycles. The topological polar surface area (TPSA) is 75.7 Å². The van der Waals surface area contributed by atoms with Crippen molar-refractivity contribution in [2.45, 2.75) is 25.7 Å². The minimum Gasteiger partial charge on any atom is -0.497 e. The van der Waals surface area contributed by atoms with Crippen molar-refractivity contribution >= 4 is 27.3 Å². The van der Waals surface area contributed by atoms with Crippen LogP contribution < -0.4 is 14.4 Å². The van der Waals surface area contributed by atoms with Crippen molar-refractivity contribution in [1.82, 2.24) is 0 Å². The van der Waals surface area contributed by atoms with E-state index in [9.17, 15) is 13.2 Å². The fraction of sp³-hybridized carbons (Fsp3) is 0.208. The first-order valence-corrected chi connectivity index (χ1v) is 11.2. The second-order valence-corrected chi connectivity index (χ2v) is 9.31. The number of anilines is 2. The number of rotatable bonds is 7. The van der Waals surface area contributed by atoms with Gasteiger partial charge in [-0.2, -0.15) is 0 Å². The van der Waals surface area contributed by atoms with Gasteiger partial charge in [0.1, 0.15) is 12.3 Å². The summed E-state index contributed by atoms with van der Waals surface area (Å²) >= 11 is 0. The van der Waals surface area contributed by atoms with Gasteiger partial charge in [0.25, 0.3) is 10.0 Å². The van der Waals surface area contributed by atoms with Gasteiger partial charge in [-0.3, -0.25) is 9.10 Å². The summed E-state index contributed by atoms with van der Waals surface area (Å²) in [4.78, 5) is 12.9. The molecule has 31 heavy (non-hydrogen) atoms. The number of methoxy groups -OCH3 is 1. The van der Waals surface area contributed by atoms with Gasteiger partial charge < -0.3 is 10.1 Å². The third kappa shape index (κ3) is 5.44. The van der Waals surface area contributed by atoms with Gasteiger partial charge in [0.15, 0.2) is 0 Å². The molecule has 0 heterocycles. The predicted octanol–water partition coefficient (Wildman–Crippen LogP) is 4.45. The lowest BCUT2D eigenvalue weighted by Crippen LogP contribution is -2.38. The highest BCUT2D eigenvalue weighted by Gasteiger charge is 2.27. The quantitative estimate of drug-likeness (QED) is 0.591. The summed E-state index contributed by atoms with van der Waals surface area (Å²) in [6.07, 6.45) is 0. The molecule has 6 nitrogen and oxygen atoms in total. The third-order valence-electron chi connectivity index (χ3n) is 4.76. The van der Waals surface area contributed by atoms with Crippen LogP contribution >= 0.6 is 0 Å². The molecule has 0 radical (unpaired) electrons. The van der Waals surface area contributed by atoms with Gasteiger partial charge in [0, 0.05) is 5.69 Å². The zero-order valence-electron chi connectivity index (χ0n) is 18.0. The number of sulfonamides is 1. The number of nitrogens with one attached hydrogen (secondary N) is 1. The Hall–Kier alpha value is -3.32. The van der Waals surface area contributed by atoms with E-state index < -0.39 is 15.9 Å². The summed E-state index contributed by atoms with van der Waals surface area (Å²) < 4.78 is 33.2. The Labute approximate surface area is 183 Å². The van der Waals surface area contributed by atoms with Crippen LogP contribution in [0.1, 0.15) is 16.7 Å². The van der Waals surface area contributed by atoms with E-state index in [0.29, 0.717) is 17.1 Å². The number of carbonyl (C=O) groups is 1. The molecule has 3 aromatic carbocycles. The molecule has 0 saturated carbocycles. The third-order valence-corrected chi connectivity index (χ3v) is 6.55. The zero-order chi connectivity index (χ0) is 22.6. The van der Waals surface area contributed by atoms with Crippen molar-refractivity contribution in [3.05, 3.63) is 83.4 Å². The Morgan fingerprint density at radius 2 is 1.45 bits per heavy atom. The van der Waals surface area contributed by atoms with Crippen molar-refractivity contribution in [3.63, 3.8) is 0 Å². The molecular weight excluding hydrogens is 412 g/mol. The number of nitrogens with zero attached hydrogens (tertiary/aromatic N) is 1. The Balaban J connectivity index is 1.95. The largest absolute Gasteiger partial charge is 0.497 e. The second kappa shape index (κ2) is 9.22. The van der Waals surface area contributed by atoms with Crippen LogP contribution in [0.15, 0.2) is 71.6 Å². The molecule has 0 spiro atoms. The number of hydrogen-bond donors (Lipinski definition) is 1. The van der Waals surface area contributed by atoms with E-state index in [1.165, 1.54) is 0 Å². The molecule has 1 amide bonds. The maximum absolute atomic E-state index is 13.5. The van der Waals surface area contributed by atoms with Crippen LogP contribution in [0.4, 0.5) is 11.4 Å². The lowest BCUT2D eigenvalue weighted by atomic mass is 10.1. The van der Waals surface area contributed by atoms with Crippen molar-refractivity contribution in [2.75, 3.05) is 23.3 Å². The van der Waals surface area contributed by atoms with E-state index in [4.69, 9.17) is 4.74 Å². The molecule has 3 aromatic rings. The molecule has 0 fully saturated rings. The number of benzene rings is 3. The molecule has 1 N–H and O–H groups in total. The van der Waals surface area contributed by atoms with Gasteiger partial charge >= 0.3 is 0 Å². The summed E-state index contributed by atoms with van der Waals surface area (Å²) in [5.74, 6) is 0.219. The van der Waals surface area contributed by atoms with Crippen LogP contribution in [-0.4, -0.2) is 28.0 Å². The summed E-state index contributed by atoms with van der Waals surface area (Å²) in [7, 11) is -2.39. The lowest BCUT2D eigenvalue weighted by molar-refractivity contribution is -0.114. The van der Waals surface area contributed by atoms with Gasteiger partial charge in [-0.1, -0.05) is 23.8 Å². The first-order chi connectivity index (χ1) is 14.7. The summed E-state index contributed by atoms with van der Waals surface area (Å²) in [5.41, 5.74) is 3.78. The second-order valence-electron chi connectivity index (χ2n) is 7.45. The maximum atomic E-state index is 13.5. The van der Waals surface area contributed by atoms with Crippen molar-refractivity contribution in [1.29, 1.82) is 0 Å². The molecule has 0 aliphatic heterocycles. The average Bonchev–Trinajstić information content (AvgIpc) is 2.72. The zero-order valence-corrected chi connectivity index (χ0v) is 18.9. The molecule has 0 bridgehead atoms. The number of aryl methyl sites for hydroxylation is 3. The normalized spacial score (nSPS) is 11.1. The highest BCUT2D eigenvalue weighted by atomic mass is 32.2. The van der Waals surface area contributed by atoms with E-state index in [1.807, 2.05) is 26.8 Å². The fourth-order valence-electron chi connectivity index (χ4n) is 3.25. The Morgan fingerprint density at radius 3 is 2.00 bits per heavy atom. The van der Waals surface area contributed by atoms with Crippen LogP contribution in [0.3, 0.4) is 0 Å². The monoisotopic (exact) mass is 438 g/mol. The van der Waals surface area contributed by atoms with E-state index >= 15 is 0 Å². The van der Waals surface area contributed by atoms with Crippen LogP contribution in [0, 0.1) is 20.8 Å². The summed E-state index contributed by atoms with van der Waals surface area (Å²) in [6.45, 7) is 5.32. The molecule has 0 atom stereocenters. The molecule has 0 aliphatic rings. The standard InChI is InChI=1S/C24H26N2O4S/c1-17-5-11-23(12-6-17)31(28,29)26(21-14-18(2)13-19(3)15-21)16-24(27)25-20-7-9-22(30-4)10-8-20/h5-15H,16H2,1-4H3,(H,25,27). The number of hydrogen-bond acceptors (Lipinski definition) is 4.